The fourth-order valence-electron chi connectivity index (χ4n) is 2.37. The lowest BCUT2D eigenvalue weighted by atomic mass is 9.91. The second-order valence-electron chi connectivity index (χ2n) is 4.42. The zero-order valence-electron chi connectivity index (χ0n) is 7.85. The van der Waals surface area contributed by atoms with Crippen molar-refractivity contribution in [3.8, 4) is 0 Å². The van der Waals surface area contributed by atoms with Gasteiger partial charge in [0.15, 0.2) is 0 Å². The predicted octanol–water partition coefficient (Wildman–Crippen LogP) is 3.12. The molecule has 0 bridgehead atoms. The summed E-state index contributed by atoms with van der Waals surface area (Å²) in [5, 5.41) is 2.09. The summed E-state index contributed by atoms with van der Waals surface area (Å²) in [4.78, 5) is 1.51. The maximum absolute atomic E-state index is 5.91. The average Bonchev–Trinajstić information content (AvgIpc) is 2.38. The minimum absolute atomic E-state index is 0.358. The van der Waals surface area contributed by atoms with Crippen molar-refractivity contribution in [1.29, 1.82) is 0 Å². The molecule has 0 amide bonds. The summed E-state index contributed by atoms with van der Waals surface area (Å²) in [7, 11) is 0. The van der Waals surface area contributed by atoms with Crippen LogP contribution in [-0.4, -0.2) is 0 Å². The number of thiophene rings is 1. The Morgan fingerprint density at radius 3 is 2.83 bits per heavy atom. The molecule has 1 atom stereocenters. The molecule has 1 heterocycles. The molecular weight excluding hydrogens is 166 g/mol. The maximum atomic E-state index is 5.91. The molecule has 2 N–H and O–H groups in total. The predicted molar refractivity (Wildman–Crippen MR) is 54.8 cm³/mol. The lowest BCUT2D eigenvalue weighted by Crippen LogP contribution is -2.10. The number of anilines is 1. The van der Waals surface area contributed by atoms with E-state index >= 15 is 0 Å². The number of rotatable bonds is 0. The number of fused-ring (bicyclic) bond motifs is 1. The molecule has 66 valence electrons. The van der Waals surface area contributed by atoms with Gasteiger partial charge < -0.3 is 5.73 Å². The summed E-state index contributed by atoms with van der Waals surface area (Å²) in [6.07, 6.45) is 1.25. The van der Waals surface area contributed by atoms with Crippen molar-refractivity contribution in [2.45, 2.75) is 38.5 Å². The Balaban J connectivity index is 2.60. The molecule has 1 aromatic rings. The van der Waals surface area contributed by atoms with Crippen LogP contribution in [0.2, 0.25) is 0 Å². The minimum Gasteiger partial charge on any atom is -0.398 e. The van der Waals surface area contributed by atoms with E-state index in [0.717, 1.165) is 5.69 Å². The summed E-state index contributed by atoms with van der Waals surface area (Å²) in [6.45, 7) is 6.90. The molecule has 1 aliphatic rings. The number of hydrogen-bond donors (Lipinski definition) is 1. The molecule has 0 saturated heterocycles. The third-order valence-corrected chi connectivity index (χ3v) is 4.16. The van der Waals surface area contributed by atoms with Crippen molar-refractivity contribution >= 4 is 17.0 Å². The third kappa shape index (κ3) is 0.908. The molecule has 1 aromatic heterocycles. The van der Waals surface area contributed by atoms with E-state index in [1.165, 1.54) is 16.9 Å². The smallest absolute Gasteiger partial charge is 0.0461 e. The van der Waals surface area contributed by atoms with Crippen LogP contribution >= 0.6 is 11.3 Å². The van der Waals surface area contributed by atoms with Gasteiger partial charge in [-0.1, -0.05) is 20.8 Å². The standard InChI is InChI=1S/C10H15NS/c1-6-4-10(2,3)9-8(6)7(11)5-12-9/h5-6H,4,11H2,1-3H3. The molecule has 2 rings (SSSR count). The first-order chi connectivity index (χ1) is 5.52. The molecular formula is C10H15NS. The zero-order chi connectivity index (χ0) is 8.93. The topological polar surface area (TPSA) is 26.0 Å². The Morgan fingerprint density at radius 1 is 1.58 bits per heavy atom. The lowest BCUT2D eigenvalue weighted by Gasteiger charge is -2.16. The average molecular weight is 181 g/mol. The van der Waals surface area contributed by atoms with E-state index in [2.05, 4.69) is 26.2 Å². The molecule has 12 heavy (non-hydrogen) atoms. The molecule has 0 saturated carbocycles. The van der Waals surface area contributed by atoms with Gasteiger partial charge in [-0.2, -0.15) is 0 Å². The Morgan fingerprint density at radius 2 is 2.25 bits per heavy atom. The van der Waals surface area contributed by atoms with Crippen LogP contribution in [0.15, 0.2) is 5.38 Å². The summed E-state index contributed by atoms with van der Waals surface area (Å²) in [6, 6.07) is 0. The van der Waals surface area contributed by atoms with E-state index < -0.39 is 0 Å². The van der Waals surface area contributed by atoms with Crippen molar-refractivity contribution in [3.63, 3.8) is 0 Å². The summed E-state index contributed by atoms with van der Waals surface area (Å²) in [5.41, 5.74) is 8.70. The van der Waals surface area contributed by atoms with Crippen LogP contribution in [0, 0.1) is 0 Å². The van der Waals surface area contributed by atoms with E-state index in [1.807, 2.05) is 11.3 Å². The normalized spacial score (nSPS) is 25.8. The number of nitrogens with two attached hydrogens (primary N) is 1. The Kier molecular flexibility index (Phi) is 1.52. The van der Waals surface area contributed by atoms with Crippen LogP contribution in [-0.2, 0) is 5.41 Å². The summed E-state index contributed by atoms with van der Waals surface area (Å²) < 4.78 is 0. The Bertz CT molecular complexity index is 312. The van der Waals surface area contributed by atoms with Gasteiger partial charge in [0.2, 0.25) is 0 Å². The van der Waals surface area contributed by atoms with Crippen molar-refractivity contribution in [3.05, 3.63) is 15.8 Å². The maximum Gasteiger partial charge on any atom is 0.0461 e. The molecule has 1 nitrogen and oxygen atoms in total. The molecule has 0 radical (unpaired) electrons. The monoisotopic (exact) mass is 181 g/mol. The van der Waals surface area contributed by atoms with Gasteiger partial charge >= 0.3 is 0 Å². The van der Waals surface area contributed by atoms with E-state index in [4.69, 9.17) is 5.73 Å². The van der Waals surface area contributed by atoms with Gasteiger partial charge in [-0.05, 0) is 23.3 Å². The zero-order valence-corrected chi connectivity index (χ0v) is 8.66. The van der Waals surface area contributed by atoms with Gasteiger partial charge in [0, 0.05) is 15.9 Å². The van der Waals surface area contributed by atoms with Gasteiger partial charge in [0.1, 0.15) is 0 Å². The van der Waals surface area contributed by atoms with Gasteiger partial charge in [0.25, 0.3) is 0 Å². The molecule has 0 spiro atoms. The van der Waals surface area contributed by atoms with Gasteiger partial charge in [-0.15, -0.1) is 11.3 Å². The van der Waals surface area contributed by atoms with Gasteiger partial charge in [0.05, 0.1) is 0 Å². The van der Waals surface area contributed by atoms with Crippen molar-refractivity contribution in [1.82, 2.24) is 0 Å². The molecule has 0 fully saturated rings. The van der Waals surface area contributed by atoms with Crippen molar-refractivity contribution in [2.75, 3.05) is 5.73 Å². The van der Waals surface area contributed by atoms with Crippen LogP contribution in [0.25, 0.3) is 0 Å². The SMILES string of the molecule is CC1CC(C)(C)c2scc(N)c21. The van der Waals surface area contributed by atoms with Gasteiger partial charge in [-0.25, -0.2) is 0 Å². The highest BCUT2D eigenvalue weighted by molar-refractivity contribution is 7.10. The highest BCUT2D eigenvalue weighted by Gasteiger charge is 2.37. The second-order valence-corrected chi connectivity index (χ2v) is 5.30. The molecule has 0 aliphatic heterocycles. The quantitative estimate of drug-likeness (QED) is 0.654. The fourth-order valence-corrected chi connectivity index (χ4v) is 3.59. The van der Waals surface area contributed by atoms with Crippen LogP contribution in [0.4, 0.5) is 5.69 Å². The third-order valence-electron chi connectivity index (χ3n) is 2.78. The van der Waals surface area contributed by atoms with Crippen molar-refractivity contribution in [2.24, 2.45) is 0 Å². The summed E-state index contributed by atoms with van der Waals surface area (Å²) >= 11 is 1.82. The minimum atomic E-state index is 0.358. The first kappa shape index (κ1) is 8.11. The van der Waals surface area contributed by atoms with E-state index in [0.29, 0.717) is 11.3 Å². The fraction of sp³-hybridized carbons (Fsp3) is 0.600. The van der Waals surface area contributed by atoms with Crippen molar-refractivity contribution < 1.29 is 0 Å². The Hall–Kier alpha value is -0.500. The molecule has 0 aromatic carbocycles. The second kappa shape index (κ2) is 2.25. The van der Waals surface area contributed by atoms with Crippen LogP contribution in [0.1, 0.15) is 43.6 Å². The highest BCUT2D eigenvalue weighted by atomic mass is 32.1. The largest absolute Gasteiger partial charge is 0.398 e. The van der Waals surface area contributed by atoms with E-state index in [-0.39, 0.29) is 0 Å². The van der Waals surface area contributed by atoms with Crippen LogP contribution in [0.5, 0.6) is 0 Å². The Labute approximate surface area is 77.6 Å². The van der Waals surface area contributed by atoms with Crippen LogP contribution < -0.4 is 5.73 Å². The molecule has 1 unspecified atom stereocenters. The lowest BCUT2D eigenvalue weighted by molar-refractivity contribution is 0.495. The van der Waals surface area contributed by atoms with Gasteiger partial charge in [-0.3, -0.25) is 0 Å². The number of hydrogen-bond acceptors (Lipinski definition) is 2. The first-order valence-electron chi connectivity index (χ1n) is 4.40. The van der Waals surface area contributed by atoms with Crippen LogP contribution in [0.3, 0.4) is 0 Å². The molecule has 1 aliphatic carbocycles. The first-order valence-corrected chi connectivity index (χ1v) is 5.27. The summed E-state index contributed by atoms with van der Waals surface area (Å²) in [5.74, 6) is 0.654. The van der Waals surface area contributed by atoms with E-state index in [1.54, 1.807) is 0 Å². The highest BCUT2D eigenvalue weighted by Crippen LogP contribution is 2.50. The molecule has 2 heteroatoms. The number of nitrogen functional groups attached to an aromatic ring is 1. The van der Waals surface area contributed by atoms with E-state index in [9.17, 15) is 0 Å².